The van der Waals surface area contributed by atoms with Gasteiger partial charge in [0.1, 0.15) is 12.4 Å². The van der Waals surface area contributed by atoms with E-state index in [9.17, 15) is 14.0 Å². The topological polar surface area (TPSA) is 57.6 Å². The van der Waals surface area contributed by atoms with Crippen molar-refractivity contribution in [1.82, 2.24) is 4.90 Å². The molecule has 1 aliphatic carbocycles. The number of nitrogens with zero attached hydrogens (tertiary/aromatic N) is 1. The van der Waals surface area contributed by atoms with E-state index in [2.05, 4.69) is 0 Å². The van der Waals surface area contributed by atoms with Gasteiger partial charge in [0.05, 0.1) is 5.41 Å². The molecule has 0 unspecified atom stereocenters. The molecule has 0 aromatic heterocycles. The molecule has 1 N–H and O–H groups in total. The maximum atomic E-state index is 13.9. The highest BCUT2D eigenvalue weighted by Gasteiger charge is 2.54. The van der Waals surface area contributed by atoms with Crippen molar-refractivity contribution in [3.63, 3.8) is 0 Å². The predicted molar refractivity (Wildman–Crippen MR) is 71.8 cm³/mol. The average Bonchev–Trinajstić information content (AvgIpc) is 3.19. The SMILES string of the molecule is CCCN(CC(=O)O)C(=O)C1(c2ccccc2F)CC1. The van der Waals surface area contributed by atoms with Gasteiger partial charge in [-0.05, 0) is 25.3 Å². The van der Waals surface area contributed by atoms with Crippen LogP contribution in [0.1, 0.15) is 31.7 Å². The summed E-state index contributed by atoms with van der Waals surface area (Å²) >= 11 is 0. The highest BCUT2D eigenvalue weighted by atomic mass is 19.1. The molecule has 0 bridgehead atoms. The second-order valence-electron chi connectivity index (χ2n) is 5.18. The van der Waals surface area contributed by atoms with Gasteiger partial charge in [-0.15, -0.1) is 0 Å². The number of benzene rings is 1. The Kier molecular flexibility index (Phi) is 4.06. The first-order valence-corrected chi connectivity index (χ1v) is 6.77. The Labute approximate surface area is 117 Å². The Morgan fingerprint density at radius 1 is 1.35 bits per heavy atom. The zero-order valence-electron chi connectivity index (χ0n) is 11.4. The number of rotatable bonds is 6. The Morgan fingerprint density at radius 3 is 2.50 bits per heavy atom. The molecule has 1 saturated carbocycles. The average molecular weight is 279 g/mol. The van der Waals surface area contributed by atoms with Gasteiger partial charge in [0.2, 0.25) is 5.91 Å². The maximum Gasteiger partial charge on any atom is 0.323 e. The van der Waals surface area contributed by atoms with Gasteiger partial charge in [-0.2, -0.15) is 0 Å². The van der Waals surface area contributed by atoms with Crippen LogP contribution in [-0.4, -0.2) is 35.0 Å². The van der Waals surface area contributed by atoms with Crippen LogP contribution in [0.4, 0.5) is 4.39 Å². The normalized spacial score (nSPS) is 15.7. The Balaban J connectivity index is 2.26. The van der Waals surface area contributed by atoms with Crippen LogP contribution in [0.2, 0.25) is 0 Å². The highest BCUT2D eigenvalue weighted by molar-refractivity contribution is 5.93. The molecule has 0 heterocycles. The molecule has 0 radical (unpaired) electrons. The summed E-state index contributed by atoms with van der Waals surface area (Å²) in [7, 11) is 0. The molecule has 4 nitrogen and oxygen atoms in total. The van der Waals surface area contributed by atoms with Crippen LogP contribution >= 0.6 is 0 Å². The van der Waals surface area contributed by atoms with Gasteiger partial charge >= 0.3 is 5.97 Å². The van der Waals surface area contributed by atoms with Gasteiger partial charge in [-0.3, -0.25) is 9.59 Å². The van der Waals surface area contributed by atoms with E-state index in [0.29, 0.717) is 31.4 Å². The van der Waals surface area contributed by atoms with Gasteiger partial charge in [-0.1, -0.05) is 25.1 Å². The minimum absolute atomic E-state index is 0.271. The molecule has 0 saturated heterocycles. The van der Waals surface area contributed by atoms with Crippen LogP contribution in [-0.2, 0) is 15.0 Å². The third-order valence-corrected chi connectivity index (χ3v) is 3.66. The third kappa shape index (κ3) is 2.66. The minimum Gasteiger partial charge on any atom is -0.480 e. The van der Waals surface area contributed by atoms with Crippen molar-refractivity contribution in [1.29, 1.82) is 0 Å². The van der Waals surface area contributed by atoms with Crippen molar-refractivity contribution in [2.24, 2.45) is 0 Å². The molecule has 5 heteroatoms. The molecule has 2 rings (SSSR count). The number of amides is 1. The van der Waals surface area contributed by atoms with E-state index >= 15 is 0 Å². The van der Waals surface area contributed by atoms with Crippen LogP contribution in [0.5, 0.6) is 0 Å². The summed E-state index contributed by atoms with van der Waals surface area (Å²) in [5, 5.41) is 8.90. The van der Waals surface area contributed by atoms with E-state index in [4.69, 9.17) is 5.11 Å². The number of carbonyl (C=O) groups is 2. The van der Waals surface area contributed by atoms with E-state index in [1.807, 2.05) is 6.92 Å². The number of carboxylic acid groups (broad SMARTS) is 1. The predicted octanol–water partition coefficient (Wildman–Crippen LogP) is 2.18. The monoisotopic (exact) mass is 279 g/mol. The first-order valence-electron chi connectivity index (χ1n) is 6.77. The van der Waals surface area contributed by atoms with Crippen LogP contribution in [0.15, 0.2) is 24.3 Å². The molecule has 0 aliphatic heterocycles. The van der Waals surface area contributed by atoms with E-state index in [1.165, 1.54) is 11.0 Å². The smallest absolute Gasteiger partial charge is 0.323 e. The molecular weight excluding hydrogens is 261 g/mol. The van der Waals surface area contributed by atoms with Crippen molar-refractivity contribution in [3.05, 3.63) is 35.6 Å². The molecule has 0 spiro atoms. The standard InChI is InChI=1S/C15H18FNO3/c1-2-9-17(10-13(18)19)14(20)15(7-8-15)11-5-3-4-6-12(11)16/h3-6H,2,7-10H2,1H3,(H,18,19). The first-order chi connectivity index (χ1) is 9.51. The summed E-state index contributed by atoms with van der Waals surface area (Å²) < 4.78 is 13.9. The fourth-order valence-electron chi connectivity index (χ4n) is 2.56. The number of aliphatic carboxylic acids is 1. The summed E-state index contributed by atoms with van der Waals surface area (Å²) in [4.78, 5) is 24.8. The number of hydrogen-bond donors (Lipinski definition) is 1. The third-order valence-electron chi connectivity index (χ3n) is 3.66. The molecule has 1 aliphatic rings. The van der Waals surface area contributed by atoms with Gasteiger partial charge in [0.25, 0.3) is 0 Å². The van der Waals surface area contributed by atoms with E-state index in [0.717, 1.165) is 0 Å². The molecule has 1 aromatic carbocycles. The lowest BCUT2D eigenvalue weighted by Gasteiger charge is -2.26. The molecule has 108 valence electrons. The van der Waals surface area contributed by atoms with Crippen molar-refractivity contribution in [2.45, 2.75) is 31.6 Å². The lowest BCUT2D eigenvalue weighted by atomic mass is 9.93. The molecule has 1 aromatic rings. The Hall–Kier alpha value is -1.91. The largest absolute Gasteiger partial charge is 0.480 e. The Morgan fingerprint density at radius 2 is 2.00 bits per heavy atom. The summed E-state index contributed by atoms with van der Waals surface area (Å²) in [6, 6.07) is 6.24. The molecule has 20 heavy (non-hydrogen) atoms. The van der Waals surface area contributed by atoms with E-state index < -0.39 is 17.2 Å². The van der Waals surface area contributed by atoms with Crippen molar-refractivity contribution in [3.8, 4) is 0 Å². The summed E-state index contributed by atoms with van der Waals surface area (Å²) in [6.07, 6.45) is 1.82. The Bertz CT molecular complexity index is 526. The van der Waals surface area contributed by atoms with Crippen LogP contribution in [0.3, 0.4) is 0 Å². The molecule has 0 atom stereocenters. The molecule has 1 amide bonds. The number of hydrogen-bond acceptors (Lipinski definition) is 2. The lowest BCUT2D eigenvalue weighted by Crippen LogP contribution is -2.43. The van der Waals surface area contributed by atoms with Crippen LogP contribution in [0.25, 0.3) is 0 Å². The second kappa shape index (κ2) is 5.61. The fraction of sp³-hybridized carbons (Fsp3) is 0.467. The number of carboxylic acids is 1. The van der Waals surface area contributed by atoms with Gasteiger partial charge in [0, 0.05) is 12.1 Å². The fourth-order valence-corrected chi connectivity index (χ4v) is 2.56. The summed E-state index contributed by atoms with van der Waals surface area (Å²) in [5.74, 6) is -1.71. The second-order valence-corrected chi connectivity index (χ2v) is 5.18. The van der Waals surface area contributed by atoms with Crippen LogP contribution in [0, 0.1) is 5.82 Å². The number of halogens is 1. The van der Waals surface area contributed by atoms with Crippen LogP contribution < -0.4 is 0 Å². The van der Waals surface area contributed by atoms with Gasteiger partial charge in [-0.25, -0.2) is 4.39 Å². The maximum absolute atomic E-state index is 13.9. The van der Waals surface area contributed by atoms with Crippen molar-refractivity contribution < 1.29 is 19.1 Å². The quantitative estimate of drug-likeness (QED) is 0.868. The van der Waals surface area contributed by atoms with Gasteiger partial charge < -0.3 is 10.0 Å². The van der Waals surface area contributed by atoms with Gasteiger partial charge in [0.15, 0.2) is 0 Å². The van der Waals surface area contributed by atoms with E-state index in [-0.39, 0.29) is 12.5 Å². The summed E-state index contributed by atoms with van der Waals surface area (Å²) in [5.41, 5.74) is -0.466. The highest BCUT2D eigenvalue weighted by Crippen LogP contribution is 2.50. The summed E-state index contributed by atoms with van der Waals surface area (Å²) in [6.45, 7) is 1.93. The minimum atomic E-state index is -1.05. The zero-order chi connectivity index (χ0) is 14.8. The van der Waals surface area contributed by atoms with Crippen molar-refractivity contribution >= 4 is 11.9 Å². The van der Waals surface area contributed by atoms with Crippen molar-refractivity contribution in [2.75, 3.05) is 13.1 Å². The zero-order valence-corrected chi connectivity index (χ0v) is 11.4. The number of carbonyl (C=O) groups excluding carboxylic acids is 1. The molecular formula is C15H18FNO3. The van der Waals surface area contributed by atoms with E-state index in [1.54, 1.807) is 18.2 Å². The lowest BCUT2D eigenvalue weighted by molar-refractivity contribution is -0.145. The first kappa shape index (κ1) is 14.5. The molecule has 1 fully saturated rings.